The zero-order valence-corrected chi connectivity index (χ0v) is 15.8. The van der Waals surface area contributed by atoms with Gasteiger partial charge in [-0.15, -0.1) is 5.10 Å². The van der Waals surface area contributed by atoms with Gasteiger partial charge in [0.05, 0.1) is 6.54 Å². The van der Waals surface area contributed by atoms with Gasteiger partial charge in [0.15, 0.2) is 5.11 Å². The van der Waals surface area contributed by atoms with Crippen LogP contribution in [0.25, 0.3) is 0 Å². The number of hydrogen-bond donors (Lipinski definition) is 2. The van der Waals surface area contributed by atoms with Gasteiger partial charge >= 0.3 is 0 Å². The zero-order chi connectivity index (χ0) is 18.7. The molecule has 0 radical (unpaired) electrons. The zero-order valence-electron chi connectivity index (χ0n) is 14.3. The summed E-state index contributed by atoms with van der Waals surface area (Å²) in [5.41, 5.74) is 3.95. The van der Waals surface area contributed by atoms with Crippen molar-refractivity contribution in [3.63, 3.8) is 0 Å². The summed E-state index contributed by atoms with van der Waals surface area (Å²) in [6.45, 7) is 4.43. The lowest BCUT2D eigenvalue weighted by Gasteiger charge is -2.09. The Morgan fingerprint density at radius 1 is 1.15 bits per heavy atom. The number of anilines is 2. The Morgan fingerprint density at radius 3 is 2.58 bits per heavy atom. The number of nitrogens with one attached hydrogen (secondary N) is 2. The molecule has 0 aliphatic heterocycles. The van der Waals surface area contributed by atoms with Crippen LogP contribution in [-0.4, -0.2) is 19.9 Å². The fourth-order valence-electron chi connectivity index (χ4n) is 2.56. The smallest absolute Gasteiger partial charge is 0.248 e. The van der Waals surface area contributed by atoms with E-state index in [-0.39, 0.29) is 5.82 Å². The van der Waals surface area contributed by atoms with Crippen molar-refractivity contribution >= 4 is 40.6 Å². The third-order valence-electron chi connectivity index (χ3n) is 3.59. The Morgan fingerprint density at radius 2 is 1.88 bits per heavy atom. The Balaban J connectivity index is 1.63. The Bertz CT molecular complexity index is 936. The van der Waals surface area contributed by atoms with E-state index >= 15 is 0 Å². The lowest BCUT2D eigenvalue weighted by atomic mass is 10.1. The third-order valence-corrected chi connectivity index (χ3v) is 4.14. The molecule has 8 heteroatoms. The van der Waals surface area contributed by atoms with E-state index in [1.54, 1.807) is 17.1 Å². The minimum atomic E-state index is -0.373. The quantitative estimate of drug-likeness (QED) is 0.641. The average molecular weight is 390 g/mol. The van der Waals surface area contributed by atoms with Gasteiger partial charge in [-0.2, -0.15) is 0 Å². The van der Waals surface area contributed by atoms with Crippen LogP contribution in [0, 0.1) is 19.7 Å². The van der Waals surface area contributed by atoms with Crippen LogP contribution >= 0.6 is 23.8 Å². The molecule has 2 aromatic carbocycles. The molecule has 0 saturated heterocycles. The molecule has 5 nitrogen and oxygen atoms in total. The van der Waals surface area contributed by atoms with Crippen molar-refractivity contribution in [2.24, 2.45) is 0 Å². The van der Waals surface area contributed by atoms with Crippen LogP contribution < -0.4 is 10.6 Å². The largest absolute Gasteiger partial charge is 0.332 e. The predicted octanol–water partition coefficient (Wildman–Crippen LogP) is 4.54. The minimum absolute atomic E-state index is 0.349. The highest BCUT2D eigenvalue weighted by Gasteiger charge is 2.07. The minimum Gasteiger partial charge on any atom is -0.332 e. The summed E-state index contributed by atoms with van der Waals surface area (Å²) < 4.78 is 14.7. The first-order valence-corrected chi connectivity index (χ1v) is 8.67. The monoisotopic (exact) mass is 389 g/mol. The van der Waals surface area contributed by atoms with E-state index in [0.717, 1.165) is 22.4 Å². The van der Waals surface area contributed by atoms with E-state index in [1.165, 1.54) is 12.1 Å². The number of aromatic nitrogens is 3. The van der Waals surface area contributed by atoms with E-state index in [9.17, 15) is 4.39 Å². The number of thiocarbonyl (C=S) groups is 1. The summed E-state index contributed by atoms with van der Waals surface area (Å²) in [7, 11) is 0. The molecule has 134 valence electrons. The fraction of sp³-hybridized carbons (Fsp3) is 0.167. The number of rotatable bonds is 4. The first-order chi connectivity index (χ1) is 12.4. The number of aryl methyl sites for hydroxylation is 2. The normalized spacial score (nSPS) is 10.6. The number of hydrogen-bond acceptors (Lipinski definition) is 3. The number of benzene rings is 2. The molecule has 0 fully saturated rings. The van der Waals surface area contributed by atoms with Gasteiger partial charge in [-0.3, -0.25) is 5.32 Å². The van der Waals surface area contributed by atoms with Crippen LogP contribution in [-0.2, 0) is 6.54 Å². The lowest BCUT2D eigenvalue weighted by Crippen LogP contribution is -2.20. The van der Waals surface area contributed by atoms with Gasteiger partial charge < -0.3 is 5.32 Å². The molecule has 0 amide bonds. The van der Waals surface area contributed by atoms with Gasteiger partial charge in [0.2, 0.25) is 5.95 Å². The van der Waals surface area contributed by atoms with Gasteiger partial charge in [-0.1, -0.05) is 23.7 Å². The fourth-order valence-corrected chi connectivity index (χ4v) is 3.00. The van der Waals surface area contributed by atoms with Crippen molar-refractivity contribution in [2.45, 2.75) is 20.4 Å². The maximum absolute atomic E-state index is 13.1. The van der Waals surface area contributed by atoms with E-state index in [4.69, 9.17) is 23.8 Å². The molecule has 3 aromatic rings. The van der Waals surface area contributed by atoms with Crippen LogP contribution in [0.3, 0.4) is 0 Å². The van der Waals surface area contributed by atoms with Crippen LogP contribution in [0.2, 0.25) is 5.02 Å². The van der Waals surface area contributed by atoms with E-state index in [1.807, 2.05) is 26.0 Å². The second kappa shape index (κ2) is 7.80. The molecule has 2 N–H and O–H groups in total. The van der Waals surface area contributed by atoms with Crippen molar-refractivity contribution in [3.05, 3.63) is 70.3 Å². The Kier molecular flexibility index (Phi) is 5.49. The first kappa shape index (κ1) is 18.3. The molecular formula is C18H17ClFN5S. The first-order valence-electron chi connectivity index (χ1n) is 7.89. The number of halogens is 2. The lowest BCUT2D eigenvalue weighted by molar-refractivity contribution is 0.624. The van der Waals surface area contributed by atoms with Crippen molar-refractivity contribution in [2.75, 3.05) is 10.6 Å². The molecule has 1 heterocycles. The molecule has 0 aliphatic carbocycles. The highest BCUT2D eigenvalue weighted by Crippen LogP contribution is 2.18. The van der Waals surface area contributed by atoms with Gasteiger partial charge in [0.1, 0.15) is 12.1 Å². The molecule has 1 aromatic heterocycles. The molecule has 0 aliphatic rings. The van der Waals surface area contributed by atoms with Crippen LogP contribution in [0.5, 0.6) is 0 Å². The van der Waals surface area contributed by atoms with Crippen molar-refractivity contribution in [1.82, 2.24) is 14.8 Å². The van der Waals surface area contributed by atoms with Crippen molar-refractivity contribution in [3.8, 4) is 0 Å². The van der Waals surface area contributed by atoms with E-state index in [2.05, 4.69) is 26.8 Å². The third kappa shape index (κ3) is 4.77. The van der Waals surface area contributed by atoms with Crippen molar-refractivity contribution in [1.29, 1.82) is 0 Å². The molecule has 0 bridgehead atoms. The molecule has 26 heavy (non-hydrogen) atoms. The van der Waals surface area contributed by atoms with Gasteiger partial charge in [0.25, 0.3) is 0 Å². The number of nitrogens with zero attached hydrogens (tertiary/aromatic N) is 3. The second-order valence-electron chi connectivity index (χ2n) is 5.96. The summed E-state index contributed by atoms with van der Waals surface area (Å²) in [6.07, 6.45) is 1.56. The van der Waals surface area contributed by atoms with Crippen molar-refractivity contribution < 1.29 is 4.39 Å². The molecule has 0 spiro atoms. The summed E-state index contributed by atoms with van der Waals surface area (Å²) in [6, 6.07) is 10.4. The standard InChI is InChI=1S/C18H17ClFN5S/c1-11-5-12(2)7-15(6-11)22-18(26)23-17-21-10-25(24-17)9-13-3-4-14(20)8-16(13)19/h3-8,10H,9H2,1-2H3,(H2,22,23,24,26). The average Bonchev–Trinajstić information content (AvgIpc) is 2.96. The van der Waals surface area contributed by atoms with Gasteiger partial charge in [0, 0.05) is 10.7 Å². The Labute approximate surface area is 161 Å². The molecule has 0 saturated carbocycles. The summed E-state index contributed by atoms with van der Waals surface area (Å²) in [5, 5.41) is 11.1. The SMILES string of the molecule is Cc1cc(C)cc(NC(=S)Nc2ncn(Cc3ccc(F)cc3Cl)n2)c1. The Hall–Kier alpha value is -2.51. The van der Waals surface area contributed by atoms with E-state index in [0.29, 0.717) is 22.6 Å². The summed E-state index contributed by atoms with van der Waals surface area (Å²) >= 11 is 11.3. The molecule has 0 unspecified atom stereocenters. The summed E-state index contributed by atoms with van der Waals surface area (Å²) in [5.74, 6) is -0.00684. The van der Waals surface area contributed by atoms with Gasteiger partial charge in [-0.05, 0) is 67.0 Å². The van der Waals surface area contributed by atoms with Crippen LogP contribution in [0.1, 0.15) is 16.7 Å². The highest BCUT2D eigenvalue weighted by atomic mass is 35.5. The maximum atomic E-state index is 13.1. The van der Waals surface area contributed by atoms with Crippen LogP contribution in [0.15, 0.2) is 42.7 Å². The van der Waals surface area contributed by atoms with Crippen LogP contribution in [0.4, 0.5) is 16.0 Å². The predicted molar refractivity (Wildman–Crippen MR) is 106 cm³/mol. The molecule has 3 rings (SSSR count). The second-order valence-corrected chi connectivity index (χ2v) is 6.77. The van der Waals surface area contributed by atoms with E-state index < -0.39 is 0 Å². The summed E-state index contributed by atoms with van der Waals surface area (Å²) in [4.78, 5) is 4.17. The molecular weight excluding hydrogens is 373 g/mol. The topological polar surface area (TPSA) is 54.8 Å². The maximum Gasteiger partial charge on any atom is 0.248 e. The molecule has 0 atom stereocenters. The highest BCUT2D eigenvalue weighted by molar-refractivity contribution is 7.80. The van der Waals surface area contributed by atoms with Gasteiger partial charge in [-0.25, -0.2) is 14.1 Å².